The fraction of sp³-hybridized carbons (Fsp3) is 0.167. The molecule has 0 saturated heterocycles. The number of hydrogen-bond acceptors (Lipinski definition) is 5. The third kappa shape index (κ3) is 1.95. The van der Waals surface area contributed by atoms with Crippen molar-refractivity contribution < 1.29 is 23.9 Å². The fourth-order valence-corrected chi connectivity index (χ4v) is 1.75. The molecule has 2 rings (SSSR count). The summed E-state index contributed by atoms with van der Waals surface area (Å²) in [5.74, 6) is -2.31. The van der Waals surface area contributed by atoms with Crippen molar-refractivity contribution in [2.45, 2.75) is 6.92 Å². The molecular formula is C12H10N2O5. The van der Waals surface area contributed by atoms with Crippen molar-refractivity contribution in [3.63, 3.8) is 0 Å². The number of carbonyl (C=O) groups excluding carboxylic acids is 4. The van der Waals surface area contributed by atoms with E-state index in [4.69, 9.17) is 5.73 Å². The number of hydrogen-bond donors (Lipinski definition) is 1. The summed E-state index contributed by atoms with van der Waals surface area (Å²) < 4.78 is 4.63. The first-order valence-electron chi connectivity index (χ1n) is 5.46. The second kappa shape index (κ2) is 4.52. The molecule has 0 aliphatic carbocycles. The van der Waals surface area contributed by atoms with E-state index in [0.29, 0.717) is 4.90 Å². The number of fused-ring (bicyclic) bond motifs is 1. The van der Waals surface area contributed by atoms with E-state index in [-0.39, 0.29) is 23.3 Å². The molecule has 0 spiro atoms. The highest BCUT2D eigenvalue weighted by Crippen LogP contribution is 2.24. The first-order chi connectivity index (χ1) is 8.97. The van der Waals surface area contributed by atoms with E-state index in [1.807, 2.05) is 0 Å². The van der Waals surface area contributed by atoms with E-state index in [1.165, 1.54) is 18.2 Å². The minimum absolute atomic E-state index is 0.0330. The lowest BCUT2D eigenvalue weighted by atomic mass is 10.1. The molecule has 1 aliphatic rings. The van der Waals surface area contributed by atoms with Crippen molar-refractivity contribution >= 4 is 23.8 Å². The molecule has 0 atom stereocenters. The van der Waals surface area contributed by atoms with Crippen LogP contribution in [0.15, 0.2) is 18.2 Å². The standard InChI is InChI=1S/C12H10N2O5/c1-2-19-12(18)14-10(16)7-4-3-6(9(13)15)5-8(7)11(14)17/h3-5H,2H2,1H3,(H2,13,15). The van der Waals surface area contributed by atoms with Crippen LogP contribution in [0.2, 0.25) is 0 Å². The Balaban J connectivity index is 2.44. The predicted octanol–water partition coefficient (Wildman–Crippen LogP) is 0.538. The largest absolute Gasteiger partial charge is 0.449 e. The average Bonchev–Trinajstić information content (AvgIpc) is 2.62. The lowest BCUT2D eigenvalue weighted by Crippen LogP contribution is -2.36. The van der Waals surface area contributed by atoms with Gasteiger partial charge >= 0.3 is 6.09 Å². The Labute approximate surface area is 107 Å². The first-order valence-corrected chi connectivity index (χ1v) is 5.46. The molecule has 2 N–H and O–H groups in total. The molecule has 0 radical (unpaired) electrons. The van der Waals surface area contributed by atoms with Crippen LogP contribution in [0.5, 0.6) is 0 Å². The van der Waals surface area contributed by atoms with Gasteiger partial charge in [-0.2, -0.15) is 4.90 Å². The normalized spacial score (nSPS) is 13.4. The Kier molecular flexibility index (Phi) is 3.04. The van der Waals surface area contributed by atoms with Gasteiger partial charge in [0.15, 0.2) is 0 Å². The highest BCUT2D eigenvalue weighted by Gasteiger charge is 2.41. The third-order valence-electron chi connectivity index (χ3n) is 2.62. The van der Waals surface area contributed by atoms with Crippen LogP contribution in [0, 0.1) is 0 Å². The quantitative estimate of drug-likeness (QED) is 0.782. The molecule has 4 amide bonds. The minimum Gasteiger partial charge on any atom is -0.449 e. The molecule has 7 heteroatoms. The third-order valence-corrected chi connectivity index (χ3v) is 2.62. The van der Waals surface area contributed by atoms with Gasteiger partial charge in [0.2, 0.25) is 5.91 Å². The Hall–Kier alpha value is -2.70. The lowest BCUT2D eigenvalue weighted by Gasteiger charge is -2.10. The Morgan fingerprint density at radius 1 is 1.21 bits per heavy atom. The Morgan fingerprint density at radius 2 is 1.84 bits per heavy atom. The molecular weight excluding hydrogens is 252 g/mol. The van der Waals surface area contributed by atoms with E-state index in [0.717, 1.165) is 0 Å². The summed E-state index contributed by atoms with van der Waals surface area (Å²) in [6.07, 6.45) is -1.03. The highest BCUT2D eigenvalue weighted by molar-refractivity contribution is 6.28. The lowest BCUT2D eigenvalue weighted by molar-refractivity contribution is 0.0596. The number of primary amides is 1. The van der Waals surface area contributed by atoms with Gasteiger partial charge in [0.05, 0.1) is 17.7 Å². The van der Waals surface area contributed by atoms with E-state index in [9.17, 15) is 19.2 Å². The van der Waals surface area contributed by atoms with Gasteiger partial charge in [-0.05, 0) is 25.1 Å². The van der Waals surface area contributed by atoms with E-state index in [2.05, 4.69) is 4.74 Å². The summed E-state index contributed by atoms with van der Waals surface area (Å²) >= 11 is 0. The van der Waals surface area contributed by atoms with Crippen LogP contribution in [-0.4, -0.2) is 35.3 Å². The van der Waals surface area contributed by atoms with Crippen LogP contribution in [-0.2, 0) is 4.74 Å². The van der Waals surface area contributed by atoms with Crippen LogP contribution < -0.4 is 5.73 Å². The molecule has 0 fully saturated rings. The van der Waals surface area contributed by atoms with E-state index < -0.39 is 23.8 Å². The van der Waals surface area contributed by atoms with Crippen molar-refractivity contribution in [3.8, 4) is 0 Å². The van der Waals surface area contributed by atoms with Gasteiger partial charge in [0.25, 0.3) is 11.8 Å². The topological polar surface area (TPSA) is 107 Å². The van der Waals surface area contributed by atoms with E-state index >= 15 is 0 Å². The molecule has 7 nitrogen and oxygen atoms in total. The molecule has 0 bridgehead atoms. The minimum atomic E-state index is -1.03. The van der Waals surface area contributed by atoms with Crippen molar-refractivity contribution in [2.24, 2.45) is 5.73 Å². The second-order valence-electron chi connectivity index (χ2n) is 3.77. The summed E-state index contributed by atoms with van der Waals surface area (Å²) in [7, 11) is 0. The molecule has 0 aromatic heterocycles. The number of nitrogens with zero attached hydrogens (tertiary/aromatic N) is 1. The van der Waals surface area contributed by atoms with Crippen LogP contribution in [0.1, 0.15) is 38.0 Å². The SMILES string of the molecule is CCOC(=O)N1C(=O)c2ccc(C(N)=O)cc2C1=O. The Bertz CT molecular complexity index is 608. The van der Waals surface area contributed by atoms with Gasteiger partial charge in [-0.1, -0.05) is 0 Å². The van der Waals surface area contributed by atoms with Crippen molar-refractivity contribution in [2.75, 3.05) is 6.61 Å². The average molecular weight is 262 g/mol. The van der Waals surface area contributed by atoms with Crippen LogP contribution in [0.25, 0.3) is 0 Å². The van der Waals surface area contributed by atoms with E-state index in [1.54, 1.807) is 6.92 Å². The van der Waals surface area contributed by atoms with Gasteiger partial charge in [-0.3, -0.25) is 14.4 Å². The number of ether oxygens (including phenoxy) is 1. The molecule has 1 aliphatic heterocycles. The number of carbonyl (C=O) groups is 4. The van der Waals surface area contributed by atoms with Crippen LogP contribution >= 0.6 is 0 Å². The zero-order valence-corrected chi connectivity index (χ0v) is 10.0. The number of nitrogens with two attached hydrogens (primary N) is 1. The summed E-state index contributed by atoms with van der Waals surface area (Å²) in [6, 6.07) is 3.80. The number of benzene rings is 1. The van der Waals surface area contributed by atoms with Crippen molar-refractivity contribution in [3.05, 3.63) is 34.9 Å². The first kappa shape index (κ1) is 12.7. The maximum atomic E-state index is 12.0. The summed E-state index contributed by atoms with van der Waals surface area (Å²) in [5, 5.41) is 0. The van der Waals surface area contributed by atoms with Crippen molar-refractivity contribution in [1.29, 1.82) is 0 Å². The predicted molar refractivity (Wildman–Crippen MR) is 62.5 cm³/mol. The molecule has 1 aromatic carbocycles. The maximum Gasteiger partial charge on any atom is 0.424 e. The summed E-state index contributed by atoms with van der Waals surface area (Å²) in [6.45, 7) is 1.60. The van der Waals surface area contributed by atoms with Crippen molar-refractivity contribution in [1.82, 2.24) is 4.90 Å². The van der Waals surface area contributed by atoms with Gasteiger partial charge < -0.3 is 10.5 Å². The second-order valence-corrected chi connectivity index (χ2v) is 3.77. The molecule has 0 unspecified atom stereocenters. The van der Waals surface area contributed by atoms with Crippen LogP contribution in [0.4, 0.5) is 4.79 Å². The van der Waals surface area contributed by atoms with Gasteiger partial charge in [0, 0.05) is 5.56 Å². The molecule has 1 aromatic rings. The molecule has 19 heavy (non-hydrogen) atoms. The fourth-order valence-electron chi connectivity index (χ4n) is 1.75. The summed E-state index contributed by atoms with van der Waals surface area (Å²) in [4.78, 5) is 46.8. The molecule has 0 saturated carbocycles. The van der Waals surface area contributed by atoms with Crippen LogP contribution in [0.3, 0.4) is 0 Å². The van der Waals surface area contributed by atoms with Gasteiger partial charge in [0.1, 0.15) is 0 Å². The zero-order valence-electron chi connectivity index (χ0n) is 10.0. The van der Waals surface area contributed by atoms with Gasteiger partial charge in [-0.15, -0.1) is 0 Å². The smallest absolute Gasteiger partial charge is 0.424 e. The number of rotatable bonds is 2. The maximum absolute atomic E-state index is 12.0. The van der Waals surface area contributed by atoms with Gasteiger partial charge in [-0.25, -0.2) is 4.79 Å². The summed E-state index contributed by atoms with van der Waals surface area (Å²) in [5.41, 5.74) is 5.19. The zero-order chi connectivity index (χ0) is 14.2. The Morgan fingerprint density at radius 3 is 2.42 bits per heavy atom. The molecule has 98 valence electrons. The number of imide groups is 3. The highest BCUT2D eigenvalue weighted by atomic mass is 16.6. The number of amides is 4. The monoisotopic (exact) mass is 262 g/mol. The molecule has 1 heterocycles.